The third-order valence-corrected chi connectivity index (χ3v) is 4.13. The minimum Gasteiger partial charge on any atom is -0.370 e. The molecule has 0 atom stereocenters. The molecule has 0 aliphatic rings. The minimum atomic E-state index is -0.662. The maximum Gasteiger partial charge on any atom is 0.168 e. The Morgan fingerprint density at radius 1 is 1.20 bits per heavy atom. The van der Waals surface area contributed by atoms with Crippen molar-refractivity contribution in [1.82, 2.24) is 4.98 Å². The summed E-state index contributed by atoms with van der Waals surface area (Å²) in [6, 6.07) is 9.83. The predicted molar refractivity (Wildman–Crippen MR) is 80.8 cm³/mol. The lowest BCUT2D eigenvalue weighted by Gasteiger charge is -2.28. The summed E-state index contributed by atoms with van der Waals surface area (Å²) >= 11 is 0. The molecule has 0 radical (unpaired) electrons. The van der Waals surface area contributed by atoms with E-state index in [1.165, 1.54) is 0 Å². The lowest BCUT2D eigenvalue weighted by atomic mass is 9.87. The first kappa shape index (κ1) is 14.7. The molecule has 0 spiro atoms. The first-order valence-electron chi connectivity index (χ1n) is 7.08. The molecule has 3 nitrogen and oxygen atoms in total. The van der Waals surface area contributed by atoms with Crippen molar-refractivity contribution in [1.29, 1.82) is 0 Å². The molecule has 0 saturated carbocycles. The predicted octanol–water partition coefficient (Wildman–Crippen LogP) is 3.55. The molecule has 20 heavy (non-hydrogen) atoms. The number of benzene rings is 1. The van der Waals surface area contributed by atoms with Crippen LogP contribution in [0.15, 0.2) is 36.5 Å². The molecule has 2 aromatic rings. The average molecular weight is 271 g/mol. The topological polar surface area (TPSA) is 39.2 Å². The number of para-hydroxylation sites is 1. The zero-order chi connectivity index (χ0) is 14.6. The van der Waals surface area contributed by atoms with E-state index in [9.17, 15) is 4.79 Å². The highest BCUT2D eigenvalue weighted by molar-refractivity contribution is 5.93. The molecule has 0 saturated heterocycles. The van der Waals surface area contributed by atoms with E-state index in [4.69, 9.17) is 4.74 Å². The quantitative estimate of drug-likeness (QED) is 0.806. The van der Waals surface area contributed by atoms with Crippen LogP contribution in [0.5, 0.6) is 0 Å². The molecule has 0 bridgehead atoms. The molecular formula is C17H21NO2. The molecule has 1 heterocycles. The van der Waals surface area contributed by atoms with E-state index in [1.807, 2.05) is 44.2 Å². The van der Waals surface area contributed by atoms with Gasteiger partial charge in [0.1, 0.15) is 5.60 Å². The van der Waals surface area contributed by atoms with Gasteiger partial charge in [-0.1, -0.05) is 32.0 Å². The number of aromatic nitrogens is 1. The van der Waals surface area contributed by atoms with E-state index in [1.54, 1.807) is 13.3 Å². The Kier molecular flexibility index (Phi) is 4.50. The molecule has 0 amide bonds. The van der Waals surface area contributed by atoms with Crippen LogP contribution in [0.4, 0.5) is 0 Å². The zero-order valence-corrected chi connectivity index (χ0v) is 12.3. The van der Waals surface area contributed by atoms with E-state index in [0.29, 0.717) is 19.3 Å². The Balaban J connectivity index is 2.35. The van der Waals surface area contributed by atoms with Crippen LogP contribution in [0.2, 0.25) is 0 Å². The molecule has 0 unspecified atom stereocenters. The molecule has 1 aromatic carbocycles. The number of carbonyl (C=O) groups excluding carboxylic acids is 1. The second kappa shape index (κ2) is 6.14. The van der Waals surface area contributed by atoms with Crippen LogP contribution in [-0.2, 0) is 16.0 Å². The zero-order valence-electron chi connectivity index (χ0n) is 12.3. The van der Waals surface area contributed by atoms with Gasteiger partial charge in [-0.15, -0.1) is 0 Å². The van der Waals surface area contributed by atoms with Crippen molar-refractivity contribution < 1.29 is 9.53 Å². The number of methoxy groups -OCH3 is 1. The molecule has 106 valence electrons. The van der Waals surface area contributed by atoms with Crippen molar-refractivity contribution in [2.24, 2.45) is 0 Å². The van der Waals surface area contributed by atoms with Crippen LogP contribution in [-0.4, -0.2) is 23.5 Å². The number of ether oxygens (including phenoxy) is 1. The van der Waals surface area contributed by atoms with Gasteiger partial charge < -0.3 is 4.74 Å². The van der Waals surface area contributed by atoms with Gasteiger partial charge in [0.05, 0.1) is 5.52 Å². The Labute approximate surface area is 120 Å². The molecule has 1 aromatic heterocycles. The number of hydrogen-bond donors (Lipinski definition) is 0. The number of hydrogen-bond acceptors (Lipinski definition) is 3. The number of Topliss-reactive ketones (excluding diaryl/α,β-unsaturated/α-hetero) is 1. The van der Waals surface area contributed by atoms with Crippen LogP contribution < -0.4 is 0 Å². The molecular weight excluding hydrogens is 250 g/mol. The van der Waals surface area contributed by atoms with Gasteiger partial charge in [-0.3, -0.25) is 9.78 Å². The van der Waals surface area contributed by atoms with Gasteiger partial charge in [0.2, 0.25) is 0 Å². The van der Waals surface area contributed by atoms with Crippen LogP contribution in [0.25, 0.3) is 10.9 Å². The maximum absolute atomic E-state index is 12.6. The van der Waals surface area contributed by atoms with Gasteiger partial charge in [0.25, 0.3) is 0 Å². The Morgan fingerprint density at radius 2 is 1.90 bits per heavy atom. The minimum absolute atomic E-state index is 0.140. The molecule has 0 aliphatic carbocycles. The van der Waals surface area contributed by atoms with Gasteiger partial charge in [-0.05, 0) is 30.5 Å². The van der Waals surface area contributed by atoms with E-state index < -0.39 is 5.60 Å². The highest BCUT2D eigenvalue weighted by Crippen LogP contribution is 2.25. The van der Waals surface area contributed by atoms with Gasteiger partial charge in [0, 0.05) is 25.1 Å². The Hall–Kier alpha value is -1.74. The fourth-order valence-electron chi connectivity index (χ4n) is 2.69. The summed E-state index contributed by atoms with van der Waals surface area (Å²) in [4.78, 5) is 17.0. The summed E-state index contributed by atoms with van der Waals surface area (Å²) in [7, 11) is 1.62. The smallest absolute Gasteiger partial charge is 0.168 e. The van der Waals surface area contributed by atoms with Gasteiger partial charge in [0.15, 0.2) is 5.78 Å². The van der Waals surface area contributed by atoms with Gasteiger partial charge >= 0.3 is 0 Å². The summed E-state index contributed by atoms with van der Waals surface area (Å²) in [5.74, 6) is 0.140. The number of carbonyl (C=O) groups is 1. The summed E-state index contributed by atoms with van der Waals surface area (Å²) < 4.78 is 5.52. The van der Waals surface area contributed by atoms with E-state index in [-0.39, 0.29) is 5.78 Å². The lowest BCUT2D eigenvalue weighted by Crippen LogP contribution is -2.40. The van der Waals surface area contributed by atoms with Crippen molar-refractivity contribution in [3.05, 3.63) is 42.1 Å². The molecule has 0 fully saturated rings. The summed E-state index contributed by atoms with van der Waals surface area (Å²) in [5.41, 5.74) is 1.28. The van der Waals surface area contributed by atoms with Crippen molar-refractivity contribution in [3.8, 4) is 0 Å². The second-order valence-corrected chi connectivity index (χ2v) is 4.99. The van der Waals surface area contributed by atoms with Crippen molar-refractivity contribution in [3.63, 3.8) is 0 Å². The van der Waals surface area contributed by atoms with Crippen molar-refractivity contribution in [2.75, 3.05) is 7.11 Å². The standard InChI is InChI=1S/C17H21NO2/c1-4-17(5-2,20-3)16(19)12-13-10-11-18-15-9-7-6-8-14(13)15/h6-11H,4-5,12H2,1-3H3. The van der Waals surface area contributed by atoms with Crippen molar-refractivity contribution >= 4 is 16.7 Å². The van der Waals surface area contributed by atoms with E-state index in [2.05, 4.69) is 4.98 Å². The first-order chi connectivity index (χ1) is 9.66. The SMILES string of the molecule is CCC(CC)(OC)C(=O)Cc1ccnc2ccccc12. The maximum atomic E-state index is 12.6. The van der Waals surface area contributed by atoms with Crippen LogP contribution in [0.1, 0.15) is 32.3 Å². The highest BCUT2D eigenvalue weighted by atomic mass is 16.5. The van der Waals surface area contributed by atoms with Crippen LogP contribution >= 0.6 is 0 Å². The number of fused-ring (bicyclic) bond motifs is 1. The molecule has 0 aliphatic heterocycles. The number of nitrogens with zero attached hydrogens (tertiary/aromatic N) is 1. The molecule has 2 rings (SSSR count). The third kappa shape index (κ3) is 2.59. The van der Waals surface area contributed by atoms with Crippen molar-refractivity contribution in [2.45, 2.75) is 38.7 Å². The van der Waals surface area contributed by atoms with Crippen LogP contribution in [0.3, 0.4) is 0 Å². The Bertz CT molecular complexity index is 589. The summed E-state index contributed by atoms with van der Waals surface area (Å²) in [6.45, 7) is 3.99. The fraction of sp³-hybridized carbons (Fsp3) is 0.412. The molecule has 0 N–H and O–H groups in total. The van der Waals surface area contributed by atoms with E-state index in [0.717, 1.165) is 16.5 Å². The normalized spacial score (nSPS) is 11.8. The summed E-state index contributed by atoms with van der Waals surface area (Å²) in [5, 5.41) is 1.04. The largest absolute Gasteiger partial charge is 0.370 e. The number of rotatable bonds is 6. The van der Waals surface area contributed by atoms with Gasteiger partial charge in [-0.2, -0.15) is 0 Å². The number of pyridine rings is 1. The lowest BCUT2D eigenvalue weighted by molar-refractivity contribution is -0.141. The van der Waals surface area contributed by atoms with Gasteiger partial charge in [-0.25, -0.2) is 0 Å². The monoisotopic (exact) mass is 271 g/mol. The third-order valence-electron chi connectivity index (χ3n) is 4.13. The second-order valence-electron chi connectivity index (χ2n) is 4.99. The van der Waals surface area contributed by atoms with E-state index >= 15 is 0 Å². The highest BCUT2D eigenvalue weighted by Gasteiger charge is 2.34. The molecule has 3 heteroatoms. The summed E-state index contributed by atoms with van der Waals surface area (Å²) in [6.07, 6.45) is 3.54. The number of ketones is 1. The first-order valence-corrected chi connectivity index (χ1v) is 7.08. The van der Waals surface area contributed by atoms with Crippen LogP contribution in [0, 0.1) is 0 Å². The fourth-order valence-corrected chi connectivity index (χ4v) is 2.69. The Morgan fingerprint density at radius 3 is 2.55 bits per heavy atom. The average Bonchev–Trinajstić information content (AvgIpc) is 2.50.